The number of carbonyl (C=O) groups excluding carboxylic acids is 1. The van der Waals surface area contributed by atoms with Gasteiger partial charge in [0.1, 0.15) is 5.75 Å². The van der Waals surface area contributed by atoms with Gasteiger partial charge in [-0.2, -0.15) is 4.99 Å². The fourth-order valence-electron chi connectivity index (χ4n) is 2.53. The molecule has 1 heterocycles. The van der Waals surface area contributed by atoms with Gasteiger partial charge in [0.15, 0.2) is 4.80 Å². The third-order valence-corrected chi connectivity index (χ3v) is 4.87. The highest BCUT2D eigenvalue weighted by atomic mass is 32.1. The van der Waals surface area contributed by atoms with Crippen LogP contribution in [0.2, 0.25) is 0 Å². The maximum absolute atomic E-state index is 12.3. The van der Waals surface area contributed by atoms with Gasteiger partial charge >= 0.3 is 0 Å². The van der Waals surface area contributed by atoms with Gasteiger partial charge in [-0.3, -0.25) is 4.79 Å². The first-order valence-electron chi connectivity index (χ1n) is 8.19. The number of rotatable bonds is 6. The van der Waals surface area contributed by atoms with E-state index in [0.29, 0.717) is 18.0 Å². The number of amides is 1. The second-order valence-electron chi connectivity index (χ2n) is 5.56. The molecule has 0 aliphatic heterocycles. The van der Waals surface area contributed by atoms with Crippen molar-refractivity contribution in [2.75, 3.05) is 20.8 Å². The summed E-state index contributed by atoms with van der Waals surface area (Å²) in [4.78, 5) is 17.2. The largest absolute Gasteiger partial charge is 0.497 e. The molecule has 3 aromatic rings. The zero-order valence-electron chi connectivity index (χ0n) is 14.7. The first-order valence-corrected chi connectivity index (χ1v) is 9.01. The van der Waals surface area contributed by atoms with Crippen LogP contribution >= 0.6 is 11.3 Å². The SMILES string of the molecule is COCCn1c(=NC(=O)C=Cc2ccccc2)sc2cc(OC)ccc21. The summed E-state index contributed by atoms with van der Waals surface area (Å²) in [5.41, 5.74) is 1.97. The lowest BCUT2D eigenvalue weighted by Gasteiger charge is -2.04. The standard InChI is InChI=1S/C20H20N2O3S/c1-24-13-12-22-17-10-9-16(25-2)14-18(17)26-20(22)21-19(23)11-8-15-6-4-3-5-7-15/h3-11,14H,12-13H2,1-2H3. The topological polar surface area (TPSA) is 52.8 Å². The van der Waals surface area contributed by atoms with E-state index in [2.05, 4.69) is 4.99 Å². The van der Waals surface area contributed by atoms with Gasteiger partial charge in [-0.25, -0.2) is 0 Å². The molecule has 0 N–H and O–H groups in total. The normalized spacial score (nSPS) is 12.2. The lowest BCUT2D eigenvalue weighted by Crippen LogP contribution is -2.18. The second-order valence-corrected chi connectivity index (χ2v) is 6.57. The van der Waals surface area contributed by atoms with Crippen molar-refractivity contribution < 1.29 is 14.3 Å². The number of nitrogens with zero attached hydrogens (tertiary/aromatic N) is 2. The van der Waals surface area contributed by atoms with Gasteiger partial charge in [-0.1, -0.05) is 41.7 Å². The summed E-state index contributed by atoms with van der Waals surface area (Å²) in [6.07, 6.45) is 3.25. The van der Waals surface area contributed by atoms with Crippen molar-refractivity contribution in [2.24, 2.45) is 4.99 Å². The number of ether oxygens (including phenoxy) is 2. The molecule has 0 saturated carbocycles. The zero-order chi connectivity index (χ0) is 18.4. The van der Waals surface area contributed by atoms with E-state index in [1.165, 1.54) is 17.4 Å². The predicted molar refractivity (Wildman–Crippen MR) is 104 cm³/mol. The molecular weight excluding hydrogens is 348 g/mol. The Morgan fingerprint density at radius 1 is 1.19 bits per heavy atom. The molecular formula is C20H20N2O3S. The molecule has 26 heavy (non-hydrogen) atoms. The van der Waals surface area contributed by atoms with E-state index in [1.807, 2.05) is 53.1 Å². The maximum atomic E-state index is 12.3. The highest BCUT2D eigenvalue weighted by Crippen LogP contribution is 2.23. The Labute approximate surface area is 155 Å². The van der Waals surface area contributed by atoms with Crippen molar-refractivity contribution in [3.63, 3.8) is 0 Å². The molecule has 2 aromatic carbocycles. The molecule has 0 radical (unpaired) electrons. The first-order chi connectivity index (χ1) is 12.7. The molecule has 0 bridgehead atoms. The van der Waals surface area contributed by atoms with Gasteiger partial charge < -0.3 is 14.0 Å². The van der Waals surface area contributed by atoms with Gasteiger partial charge in [-0.05, 0) is 29.8 Å². The zero-order valence-corrected chi connectivity index (χ0v) is 15.5. The van der Waals surface area contributed by atoms with Crippen LogP contribution < -0.4 is 9.54 Å². The number of hydrogen-bond donors (Lipinski definition) is 0. The van der Waals surface area contributed by atoms with E-state index in [1.54, 1.807) is 20.3 Å². The Bertz CT molecular complexity index is 987. The van der Waals surface area contributed by atoms with Crippen LogP contribution in [-0.4, -0.2) is 31.3 Å². The minimum absolute atomic E-state index is 0.293. The highest BCUT2D eigenvalue weighted by Gasteiger charge is 2.08. The molecule has 0 aliphatic rings. The molecule has 0 unspecified atom stereocenters. The molecule has 3 rings (SSSR count). The lowest BCUT2D eigenvalue weighted by atomic mass is 10.2. The van der Waals surface area contributed by atoms with Crippen LogP contribution in [0.3, 0.4) is 0 Å². The smallest absolute Gasteiger partial charge is 0.272 e. The van der Waals surface area contributed by atoms with Gasteiger partial charge in [-0.15, -0.1) is 0 Å². The number of thiazole rings is 1. The molecule has 0 aliphatic carbocycles. The average Bonchev–Trinajstić information content (AvgIpc) is 3.01. The third-order valence-electron chi connectivity index (χ3n) is 3.83. The van der Waals surface area contributed by atoms with Crippen molar-refractivity contribution in [1.82, 2.24) is 4.57 Å². The van der Waals surface area contributed by atoms with Gasteiger partial charge in [0.2, 0.25) is 0 Å². The van der Waals surface area contributed by atoms with Gasteiger partial charge in [0, 0.05) is 19.7 Å². The van der Waals surface area contributed by atoms with E-state index < -0.39 is 0 Å². The predicted octanol–water partition coefficient (Wildman–Crippen LogP) is 3.50. The summed E-state index contributed by atoms with van der Waals surface area (Å²) in [6.45, 7) is 1.16. The minimum Gasteiger partial charge on any atom is -0.497 e. The van der Waals surface area contributed by atoms with Gasteiger partial charge in [0.25, 0.3) is 5.91 Å². The van der Waals surface area contributed by atoms with Crippen molar-refractivity contribution >= 4 is 33.5 Å². The number of methoxy groups -OCH3 is 2. The molecule has 0 atom stereocenters. The van der Waals surface area contributed by atoms with Crippen LogP contribution in [-0.2, 0) is 16.1 Å². The summed E-state index contributed by atoms with van der Waals surface area (Å²) >= 11 is 1.46. The number of carbonyl (C=O) groups is 1. The Morgan fingerprint density at radius 3 is 2.73 bits per heavy atom. The quantitative estimate of drug-likeness (QED) is 0.626. The van der Waals surface area contributed by atoms with E-state index in [0.717, 1.165) is 21.5 Å². The molecule has 0 fully saturated rings. The highest BCUT2D eigenvalue weighted by molar-refractivity contribution is 7.16. The number of aromatic nitrogens is 1. The van der Waals surface area contributed by atoms with Gasteiger partial charge in [0.05, 0.1) is 23.9 Å². The third kappa shape index (κ3) is 4.28. The molecule has 1 aromatic heterocycles. The fraction of sp³-hybridized carbons (Fsp3) is 0.200. The van der Waals surface area contributed by atoms with Crippen molar-refractivity contribution in [2.45, 2.75) is 6.54 Å². The number of benzene rings is 2. The summed E-state index contributed by atoms with van der Waals surface area (Å²) in [5.74, 6) is 0.484. The molecule has 6 heteroatoms. The number of hydrogen-bond acceptors (Lipinski definition) is 4. The summed E-state index contributed by atoms with van der Waals surface area (Å²) in [6, 6.07) is 15.5. The van der Waals surface area contributed by atoms with Crippen LogP contribution in [0, 0.1) is 0 Å². The molecule has 1 amide bonds. The van der Waals surface area contributed by atoms with Crippen LogP contribution in [0.5, 0.6) is 5.75 Å². The van der Waals surface area contributed by atoms with E-state index in [-0.39, 0.29) is 5.91 Å². The van der Waals surface area contributed by atoms with E-state index >= 15 is 0 Å². The molecule has 0 saturated heterocycles. The van der Waals surface area contributed by atoms with Crippen molar-refractivity contribution in [1.29, 1.82) is 0 Å². The Hall–Kier alpha value is -2.70. The Morgan fingerprint density at radius 2 is 2.00 bits per heavy atom. The summed E-state index contributed by atoms with van der Waals surface area (Å²) in [7, 11) is 3.29. The van der Waals surface area contributed by atoms with Crippen LogP contribution in [0.15, 0.2) is 59.6 Å². The van der Waals surface area contributed by atoms with Crippen molar-refractivity contribution in [3.8, 4) is 5.75 Å². The fourth-order valence-corrected chi connectivity index (χ4v) is 3.62. The van der Waals surface area contributed by atoms with Crippen LogP contribution in [0.1, 0.15) is 5.56 Å². The molecule has 5 nitrogen and oxygen atoms in total. The Balaban J connectivity index is 1.97. The second kappa shape index (κ2) is 8.60. The van der Waals surface area contributed by atoms with Crippen LogP contribution in [0.25, 0.3) is 16.3 Å². The maximum Gasteiger partial charge on any atom is 0.272 e. The van der Waals surface area contributed by atoms with Crippen LogP contribution in [0.4, 0.5) is 0 Å². The monoisotopic (exact) mass is 368 g/mol. The molecule has 0 spiro atoms. The summed E-state index contributed by atoms with van der Waals surface area (Å²) in [5, 5.41) is 0. The lowest BCUT2D eigenvalue weighted by molar-refractivity contribution is -0.113. The number of fused-ring (bicyclic) bond motifs is 1. The average molecular weight is 368 g/mol. The molecule has 134 valence electrons. The Kier molecular flexibility index (Phi) is 5.99. The van der Waals surface area contributed by atoms with Crippen molar-refractivity contribution in [3.05, 3.63) is 65.0 Å². The summed E-state index contributed by atoms with van der Waals surface area (Å²) < 4.78 is 13.5. The van der Waals surface area contributed by atoms with E-state index in [9.17, 15) is 4.79 Å². The first kappa shape index (κ1) is 18.1. The minimum atomic E-state index is -0.293. The van der Waals surface area contributed by atoms with E-state index in [4.69, 9.17) is 9.47 Å².